The Labute approximate surface area is 188 Å². The average molecular weight is 435 g/mol. The van der Waals surface area contributed by atoms with E-state index in [0.717, 1.165) is 54.5 Å². The van der Waals surface area contributed by atoms with Gasteiger partial charge in [0.25, 0.3) is 0 Å². The molecule has 1 aromatic heterocycles. The Morgan fingerprint density at radius 3 is 2.71 bits per heavy atom. The highest BCUT2D eigenvalue weighted by Gasteiger charge is 2.29. The minimum atomic E-state index is 0.430. The molecule has 1 atom stereocenters. The third-order valence-corrected chi connectivity index (χ3v) is 7.01. The summed E-state index contributed by atoms with van der Waals surface area (Å²) in [6, 6.07) is 15.5. The number of thiol groups is 1. The molecule has 0 spiro atoms. The normalized spacial score (nSPS) is 20.7. The molecule has 3 aromatic rings. The van der Waals surface area contributed by atoms with Gasteiger partial charge in [0.05, 0.1) is 39.1 Å². The van der Waals surface area contributed by atoms with Crippen LogP contribution in [0.5, 0.6) is 6.01 Å². The van der Waals surface area contributed by atoms with Crippen molar-refractivity contribution in [2.45, 2.75) is 13.0 Å². The maximum Gasteiger partial charge on any atom is 0.318 e. The highest BCUT2D eigenvalue weighted by Crippen LogP contribution is 2.34. The summed E-state index contributed by atoms with van der Waals surface area (Å²) >= 11 is 4.50. The summed E-state index contributed by atoms with van der Waals surface area (Å²) in [5, 5.41) is 2.54. The molecule has 2 aliphatic rings. The zero-order valence-electron chi connectivity index (χ0n) is 18.0. The van der Waals surface area contributed by atoms with Crippen LogP contribution in [0.4, 0.5) is 11.5 Å². The summed E-state index contributed by atoms with van der Waals surface area (Å²) in [6.45, 7) is 3.57. The predicted molar refractivity (Wildman–Crippen MR) is 129 cm³/mol. The second-order valence-corrected chi connectivity index (χ2v) is 8.75. The van der Waals surface area contributed by atoms with Gasteiger partial charge in [0.1, 0.15) is 24.4 Å². The first-order valence-corrected chi connectivity index (χ1v) is 11.3. The topological polar surface area (TPSA) is 41.5 Å². The molecule has 31 heavy (non-hydrogen) atoms. The van der Waals surface area contributed by atoms with Crippen molar-refractivity contribution in [2.75, 3.05) is 49.5 Å². The van der Waals surface area contributed by atoms with Crippen LogP contribution in [0.1, 0.15) is 11.3 Å². The fourth-order valence-corrected chi connectivity index (χ4v) is 4.66. The smallest absolute Gasteiger partial charge is 0.318 e. The first kappa shape index (κ1) is 20.2. The third kappa shape index (κ3) is 3.72. The quantitative estimate of drug-likeness (QED) is 0.499. The molecule has 6 nitrogen and oxygen atoms in total. The van der Waals surface area contributed by atoms with Crippen molar-refractivity contribution in [3.05, 3.63) is 66.1 Å². The van der Waals surface area contributed by atoms with Gasteiger partial charge in [0.2, 0.25) is 0 Å². The number of aromatic nitrogens is 2. The van der Waals surface area contributed by atoms with Gasteiger partial charge in [-0.15, -0.1) is 12.6 Å². The molecule has 2 aromatic carbocycles. The van der Waals surface area contributed by atoms with E-state index in [9.17, 15) is 0 Å². The summed E-state index contributed by atoms with van der Waals surface area (Å²) in [5.41, 5.74) is 3.53. The second-order valence-electron chi connectivity index (χ2n) is 8.46. The molecule has 0 bridgehead atoms. The number of anilines is 2. The van der Waals surface area contributed by atoms with Crippen molar-refractivity contribution >= 4 is 34.9 Å². The van der Waals surface area contributed by atoms with Gasteiger partial charge < -0.3 is 14.5 Å². The molecule has 0 saturated carbocycles. The Kier molecular flexibility index (Phi) is 5.24. The maximum atomic E-state index is 5.48. The van der Waals surface area contributed by atoms with Gasteiger partial charge in [-0.3, -0.25) is 4.48 Å². The van der Waals surface area contributed by atoms with Crippen molar-refractivity contribution in [1.29, 1.82) is 0 Å². The number of hydrogen-bond acceptors (Lipinski definition) is 6. The van der Waals surface area contributed by atoms with Gasteiger partial charge in [-0.1, -0.05) is 36.4 Å². The first-order chi connectivity index (χ1) is 15.1. The van der Waals surface area contributed by atoms with Crippen LogP contribution >= 0.6 is 12.6 Å². The SMILES string of the molecule is COc1nc2c(c(N3C=C[N+](C)(CS)CC3)n1)CCN(c1cccc3ccccc13)C2. The summed E-state index contributed by atoms with van der Waals surface area (Å²) in [4.78, 5) is 14.1. The van der Waals surface area contributed by atoms with E-state index in [1.165, 1.54) is 22.0 Å². The minimum absolute atomic E-state index is 0.430. The van der Waals surface area contributed by atoms with Crippen LogP contribution in [0.25, 0.3) is 10.8 Å². The molecule has 0 radical (unpaired) electrons. The molecule has 2 aliphatic heterocycles. The number of methoxy groups -OCH3 is 1. The molecular formula is C24H28N5OS+. The number of ether oxygens (including phenoxy) is 1. The van der Waals surface area contributed by atoms with Crippen molar-refractivity contribution in [1.82, 2.24) is 9.97 Å². The van der Waals surface area contributed by atoms with Gasteiger partial charge in [-0.25, -0.2) is 0 Å². The largest absolute Gasteiger partial charge is 0.467 e. The average Bonchev–Trinajstić information content (AvgIpc) is 2.83. The van der Waals surface area contributed by atoms with E-state index >= 15 is 0 Å². The van der Waals surface area contributed by atoms with E-state index in [1.54, 1.807) is 7.11 Å². The number of hydrogen-bond donors (Lipinski definition) is 1. The van der Waals surface area contributed by atoms with Crippen LogP contribution in [0.2, 0.25) is 0 Å². The molecule has 3 heterocycles. The van der Waals surface area contributed by atoms with Gasteiger partial charge in [-0.2, -0.15) is 9.97 Å². The van der Waals surface area contributed by atoms with Crippen molar-refractivity contribution in [2.24, 2.45) is 0 Å². The standard InChI is InChI=1S/C24H27N5OS/c1-29(17-31)14-12-27(13-15-29)23-20-10-11-28(16-21(20)25-24(26-23)30-2)22-9-5-7-18-6-3-4-8-19(18)22/h3-9,12,14H,10-11,13,15-17H2,1-2H3/p+1. The lowest BCUT2D eigenvalue weighted by Crippen LogP contribution is -2.47. The number of likely N-dealkylation sites (N-methyl/N-ethyl adjacent to an activating group) is 1. The number of nitrogens with zero attached hydrogens (tertiary/aromatic N) is 5. The molecule has 0 amide bonds. The molecule has 160 valence electrons. The van der Waals surface area contributed by atoms with Crippen molar-refractivity contribution in [3.63, 3.8) is 0 Å². The molecule has 5 rings (SSSR count). The van der Waals surface area contributed by atoms with Crippen molar-refractivity contribution < 1.29 is 9.22 Å². The first-order valence-electron chi connectivity index (χ1n) is 10.7. The van der Waals surface area contributed by atoms with E-state index in [2.05, 4.69) is 84.3 Å². The van der Waals surface area contributed by atoms with Gasteiger partial charge in [-0.05, 0) is 17.9 Å². The monoisotopic (exact) mass is 434 g/mol. The van der Waals surface area contributed by atoms with Gasteiger partial charge >= 0.3 is 6.01 Å². The summed E-state index contributed by atoms with van der Waals surface area (Å²) in [5.74, 6) is 1.76. The van der Waals surface area contributed by atoms with E-state index in [0.29, 0.717) is 6.01 Å². The predicted octanol–water partition coefficient (Wildman–Crippen LogP) is 3.83. The zero-order chi connectivity index (χ0) is 21.4. The Balaban J connectivity index is 1.51. The maximum absolute atomic E-state index is 5.48. The molecule has 1 unspecified atom stereocenters. The highest BCUT2D eigenvalue weighted by molar-refractivity contribution is 7.80. The molecule has 7 heteroatoms. The number of benzene rings is 2. The molecule has 0 aliphatic carbocycles. The lowest BCUT2D eigenvalue weighted by Gasteiger charge is -2.37. The van der Waals surface area contributed by atoms with Crippen molar-refractivity contribution in [3.8, 4) is 6.01 Å². The Bertz CT molecular complexity index is 1140. The fourth-order valence-electron chi connectivity index (χ4n) is 4.43. The van der Waals surface area contributed by atoms with Crippen LogP contribution in [0.3, 0.4) is 0 Å². The molecule has 0 fully saturated rings. The summed E-state index contributed by atoms with van der Waals surface area (Å²) < 4.78 is 6.30. The van der Waals surface area contributed by atoms with E-state index in [-0.39, 0.29) is 0 Å². The lowest BCUT2D eigenvalue weighted by molar-refractivity contribution is -0.846. The zero-order valence-corrected chi connectivity index (χ0v) is 18.9. The van der Waals surface area contributed by atoms with Crippen LogP contribution in [0, 0.1) is 0 Å². The Morgan fingerprint density at radius 1 is 1.10 bits per heavy atom. The van der Waals surface area contributed by atoms with Crippen LogP contribution in [-0.2, 0) is 13.0 Å². The number of fused-ring (bicyclic) bond motifs is 2. The highest BCUT2D eigenvalue weighted by atomic mass is 32.1. The molecular weight excluding hydrogens is 406 g/mol. The lowest BCUT2D eigenvalue weighted by atomic mass is 10.0. The molecule has 0 saturated heterocycles. The molecule has 0 N–H and O–H groups in total. The summed E-state index contributed by atoms with van der Waals surface area (Å²) in [7, 11) is 3.83. The summed E-state index contributed by atoms with van der Waals surface area (Å²) in [6.07, 6.45) is 5.24. The number of rotatable bonds is 4. The Morgan fingerprint density at radius 2 is 1.94 bits per heavy atom. The van der Waals surface area contributed by atoms with E-state index in [4.69, 9.17) is 14.7 Å². The van der Waals surface area contributed by atoms with Crippen LogP contribution in [-0.4, -0.2) is 54.1 Å². The van der Waals surface area contributed by atoms with Crippen LogP contribution < -0.4 is 14.5 Å². The minimum Gasteiger partial charge on any atom is -0.467 e. The van der Waals surface area contributed by atoms with Crippen LogP contribution in [0.15, 0.2) is 54.9 Å². The Hall–Kier alpha value is -2.77. The van der Waals surface area contributed by atoms with E-state index in [1.807, 2.05) is 0 Å². The van der Waals surface area contributed by atoms with E-state index < -0.39 is 0 Å². The fraction of sp³-hybridized carbons (Fsp3) is 0.333. The third-order valence-electron chi connectivity index (χ3n) is 6.37. The van der Waals surface area contributed by atoms with Gasteiger partial charge in [0, 0.05) is 23.2 Å². The van der Waals surface area contributed by atoms with Gasteiger partial charge in [0.15, 0.2) is 0 Å². The second kappa shape index (κ2) is 8.05. The number of quaternary nitrogens is 1.